The lowest BCUT2D eigenvalue weighted by Gasteiger charge is -2.14. The van der Waals surface area contributed by atoms with Gasteiger partial charge in [-0.15, -0.1) is 0 Å². The highest BCUT2D eigenvalue weighted by Gasteiger charge is 2.21. The lowest BCUT2D eigenvalue weighted by molar-refractivity contribution is 0.483. The fourth-order valence-corrected chi connectivity index (χ4v) is 2.68. The van der Waals surface area contributed by atoms with E-state index in [1.165, 1.54) is 0 Å². The molecule has 1 nitrogen and oxygen atoms in total. The van der Waals surface area contributed by atoms with Crippen LogP contribution >= 0.6 is 69.6 Å². The molecular formula is C12H4Cl6O. The zero-order chi connectivity index (χ0) is 14.2. The van der Waals surface area contributed by atoms with Gasteiger partial charge in [0.05, 0.1) is 20.1 Å². The predicted octanol–water partition coefficient (Wildman–Crippen LogP) is 7.40. The minimum Gasteiger partial charge on any atom is -0.453 e. The lowest BCUT2D eigenvalue weighted by Crippen LogP contribution is -1.90. The standard InChI is InChI=1S/C12H4Cl6O/c13-5-3-1-2-4-6(5)19-12-10(17)8(15)7(14)9(16)11(12)18/h1-4H/i13+2. The third-order valence-corrected chi connectivity index (χ3v) is 4.77. The molecule has 0 amide bonds. The zero-order valence-corrected chi connectivity index (χ0v) is 13.5. The summed E-state index contributed by atoms with van der Waals surface area (Å²) in [4.78, 5) is 0. The quantitative estimate of drug-likeness (QED) is 0.391. The average molecular weight is 378 g/mol. The van der Waals surface area contributed by atoms with Crippen LogP contribution in [-0.4, -0.2) is 0 Å². The highest BCUT2D eigenvalue weighted by Crippen LogP contribution is 2.49. The van der Waals surface area contributed by atoms with Crippen LogP contribution in [0.5, 0.6) is 11.5 Å². The molecule has 2 aromatic carbocycles. The van der Waals surface area contributed by atoms with E-state index < -0.39 is 0 Å². The Morgan fingerprint density at radius 1 is 0.737 bits per heavy atom. The molecule has 0 aromatic heterocycles. The van der Waals surface area contributed by atoms with E-state index in [1.54, 1.807) is 24.3 Å². The molecule has 19 heavy (non-hydrogen) atoms. The molecular weight excluding hydrogens is 374 g/mol. The largest absolute Gasteiger partial charge is 0.453 e. The van der Waals surface area contributed by atoms with Crippen molar-refractivity contribution in [3.63, 3.8) is 0 Å². The second-order valence-corrected chi connectivity index (χ2v) is 5.73. The Morgan fingerprint density at radius 2 is 1.21 bits per heavy atom. The van der Waals surface area contributed by atoms with Crippen molar-refractivity contribution in [3.8, 4) is 11.5 Å². The first-order chi connectivity index (χ1) is 8.93. The van der Waals surface area contributed by atoms with Crippen LogP contribution in [0.15, 0.2) is 24.3 Å². The van der Waals surface area contributed by atoms with Gasteiger partial charge in [0.15, 0.2) is 5.75 Å². The van der Waals surface area contributed by atoms with Crippen LogP contribution in [0.2, 0.25) is 30.1 Å². The summed E-state index contributed by atoms with van der Waals surface area (Å²) in [5, 5.41) is 0.753. The van der Waals surface area contributed by atoms with Gasteiger partial charge < -0.3 is 4.74 Å². The van der Waals surface area contributed by atoms with Crippen molar-refractivity contribution >= 4 is 69.6 Å². The summed E-state index contributed by atoms with van der Waals surface area (Å²) >= 11 is 35.9. The summed E-state index contributed by atoms with van der Waals surface area (Å²) in [6.07, 6.45) is 0. The van der Waals surface area contributed by atoms with Gasteiger partial charge in [-0.3, -0.25) is 0 Å². The zero-order valence-electron chi connectivity index (χ0n) is 8.99. The third kappa shape index (κ3) is 3.02. The van der Waals surface area contributed by atoms with E-state index in [4.69, 9.17) is 74.3 Å². The second kappa shape index (κ2) is 6.17. The van der Waals surface area contributed by atoms with Crippen LogP contribution in [0.3, 0.4) is 0 Å². The van der Waals surface area contributed by atoms with Gasteiger partial charge in [0.25, 0.3) is 0 Å². The Kier molecular flexibility index (Phi) is 4.99. The van der Waals surface area contributed by atoms with Gasteiger partial charge >= 0.3 is 0 Å². The number of rotatable bonds is 2. The SMILES string of the molecule is Clc1c(Cl)c(Cl)c(Oc2ccccc2[37Cl])c(Cl)c1Cl. The smallest absolute Gasteiger partial charge is 0.167 e. The van der Waals surface area contributed by atoms with E-state index in [9.17, 15) is 0 Å². The van der Waals surface area contributed by atoms with Crippen molar-refractivity contribution in [2.45, 2.75) is 0 Å². The number of hydrogen-bond donors (Lipinski definition) is 0. The maximum absolute atomic E-state index is 6.05. The molecule has 0 atom stereocenters. The van der Waals surface area contributed by atoms with E-state index in [-0.39, 0.29) is 30.9 Å². The van der Waals surface area contributed by atoms with Gasteiger partial charge in [-0.25, -0.2) is 0 Å². The van der Waals surface area contributed by atoms with Crippen LogP contribution in [0, 0.1) is 0 Å². The van der Waals surface area contributed by atoms with Crippen molar-refractivity contribution < 1.29 is 4.74 Å². The topological polar surface area (TPSA) is 9.23 Å². The molecule has 0 heterocycles. The third-order valence-electron chi connectivity index (χ3n) is 2.22. The molecule has 0 N–H and O–H groups in total. The first kappa shape index (κ1) is 15.4. The molecule has 2 rings (SSSR count). The summed E-state index contributed by atoms with van der Waals surface area (Å²) in [5.74, 6) is 0.484. The number of ether oxygens (including phenoxy) is 1. The average Bonchev–Trinajstić information content (AvgIpc) is 2.41. The lowest BCUT2D eigenvalue weighted by atomic mass is 10.3. The van der Waals surface area contributed by atoms with E-state index in [0.717, 1.165) is 0 Å². The second-order valence-electron chi connectivity index (χ2n) is 3.43. The maximum Gasteiger partial charge on any atom is 0.167 e. The highest BCUT2D eigenvalue weighted by atomic mass is 37.0. The summed E-state index contributed by atoms with van der Waals surface area (Å²) < 4.78 is 5.56. The Labute approximate surface area is 139 Å². The van der Waals surface area contributed by atoms with Crippen molar-refractivity contribution in [2.24, 2.45) is 0 Å². The monoisotopic (exact) mass is 376 g/mol. The van der Waals surface area contributed by atoms with E-state index in [1.807, 2.05) is 0 Å². The predicted molar refractivity (Wildman–Crippen MR) is 83.0 cm³/mol. The minimum absolute atomic E-state index is 0.0692. The fraction of sp³-hybridized carbons (Fsp3) is 0. The molecule has 7 heteroatoms. The van der Waals surface area contributed by atoms with Crippen molar-refractivity contribution in [1.29, 1.82) is 0 Å². The molecule has 2 aromatic rings. The van der Waals surface area contributed by atoms with Crippen molar-refractivity contribution in [2.75, 3.05) is 0 Å². The van der Waals surface area contributed by atoms with E-state index in [0.29, 0.717) is 10.8 Å². The Hall–Kier alpha value is -0.0200. The molecule has 0 aliphatic heterocycles. The summed E-state index contributed by atoms with van der Waals surface area (Å²) in [6.45, 7) is 0. The molecule has 100 valence electrons. The van der Waals surface area contributed by atoms with Crippen LogP contribution in [0.4, 0.5) is 0 Å². The van der Waals surface area contributed by atoms with Crippen LogP contribution in [0.1, 0.15) is 0 Å². The number of hydrogen-bond acceptors (Lipinski definition) is 1. The fourth-order valence-electron chi connectivity index (χ4n) is 1.31. The molecule has 0 aliphatic carbocycles. The summed E-state index contributed by atoms with van der Waals surface area (Å²) in [7, 11) is 0. The number of para-hydroxylation sites is 1. The van der Waals surface area contributed by atoms with Crippen LogP contribution in [0.25, 0.3) is 0 Å². The highest BCUT2D eigenvalue weighted by molar-refractivity contribution is 6.55. The van der Waals surface area contributed by atoms with Gasteiger partial charge in [-0.1, -0.05) is 81.7 Å². The molecule has 0 unspecified atom stereocenters. The summed E-state index contributed by atoms with van der Waals surface area (Å²) in [5.41, 5.74) is 0. The summed E-state index contributed by atoms with van der Waals surface area (Å²) in [6, 6.07) is 6.84. The molecule has 0 radical (unpaired) electrons. The van der Waals surface area contributed by atoms with Crippen LogP contribution in [-0.2, 0) is 0 Å². The molecule has 0 saturated carbocycles. The van der Waals surface area contributed by atoms with Gasteiger partial charge in [0, 0.05) is 0 Å². The van der Waals surface area contributed by atoms with Crippen molar-refractivity contribution in [3.05, 3.63) is 54.4 Å². The van der Waals surface area contributed by atoms with Gasteiger partial charge in [-0.2, -0.15) is 0 Å². The number of halogens is 6. The molecule has 0 fully saturated rings. The molecule has 0 aliphatic rings. The van der Waals surface area contributed by atoms with Crippen molar-refractivity contribution in [1.82, 2.24) is 0 Å². The maximum atomic E-state index is 6.05. The number of benzene rings is 2. The van der Waals surface area contributed by atoms with Gasteiger partial charge in [0.1, 0.15) is 15.8 Å². The Balaban J connectivity index is 2.56. The molecule has 0 saturated heterocycles. The van der Waals surface area contributed by atoms with Gasteiger partial charge in [-0.05, 0) is 12.1 Å². The first-order valence-corrected chi connectivity index (χ1v) is 7.14. The molecule has 0 spiro atoms. The minimum atomic E-state index is 0.0692. The van der Waals surface area contributed by atoms with Crippen LogP contribution < -0.4 is 4.74 Å². The molecule has 0 bridgehead atoms. The van der Waals surface area contributed by atoms with E-state index >= 15 is 0 Å². The normalized spacial score (nSPS) is 10.6. The Bertz CT molecular complexity index is 611. The van der Waals surface area contributed by atoms with E-state index in [2.05, 4.69) is 0 Å². The first-order valence-electron chi connectivity index (χ1n) is 4.87. The Morgan fingerprint density at radius 3 is 1.74 bits per heavy atom. The van der Waals surface area contributed by atoms with Gasteiger partial charge in [0.2, 0.25) is 0 Å².